The molecule has 8 heteroatoms. The number of pyridine rings is 1. The zero-order valence-electron chi connectivity index (χ0n) is 12.6. The van der Waals surface area contributed by atoms with Crippen molar-refractivity contribution in [3.8, 4) is 0 Å². The van der Waals surface area contributed by atoms with Crippen LogP contribution in [0.4, 0.5) is 0 Å². The van der Waals surface area contributed by atoms with E-state index in [1.807, 2.05) is 0 Å². The first-order valence-electron chi connectivity index (χ1n) is 7.49. The lowest BCUT2D eigenvalue weighted by Crippen LogP contribution is -2.35. The van der Waals surface area contributed by atoms with Crippen LogP contribution in [0.1, 0.15) is 32.1 Å². The Kier molecular flexibility index (Phi) is 4.62. The first-order valence-corrected chi connectivity index (χ1v) is 7.49. The average molecular weight is 314 g/mol. The summed E-state index contributed by atoms with van der Waals surface area (Å²) < 4.78 is 0. The Hall–Kier alpha value is -2.74. The zero-order valence-corrected chi connectivity index (χ0v) is 12.6. The van der Waals surface area contributed by atoms with Gasteiger partial charge in [-0.05, 0) is 12.1 Å². The summed E-state index contributed by atoms with van der Waals surface area (Å²) in [6, 6.07) is 3.38. The third kappa shape index (κ3) is 3.54. The van der Waals surface area contributed by atoms with Crippen LogP contribution in [0.3, 0.4) is 0 Å². The molecule has 0 fully saturated rings. The molecule has 0 aliphatic carbocycles. The van der Waals surface area contributed by atoms with E-state index >= 15 is 0 Å². The van der Waals surface area contributed by atoms with Gasteiger partial charge in [-0.15, -0.1) is 0 Å². The number of hydrogen-bond donors (Lipinski definition) is 4. The topological polar surface area (TPSA) is 112 Å². The van der Waals surface area contributed by atoms with Crippen LogP contribution in [0.2, 0.25) is 0 Å². The van der Waals surface area contributed by atoms with Gasteiger partial charge in [0.1, 0.15) is 0 Å². The number of carbonyl (C=O) groups is 2. The van der Waals surface area contributed by atoms with Crippen LogP contribution in [0.15, 0.2) is 24.5 Å². The van der Waals surface area contributed by atoms with Crippen LogP contribution >= 0.6 is 0 Å². The van der Waals surface area contributed by atoms with E-state index < -0.39 is 0 Å². The Morgan fingerprint density at radius 1 is 1.22 bits per heavy atom. The molecule has 0 atom stereocenters. The number of H-pyrrole nitrogens is 1. The summed E-state index contributed by atoms with van der Waals surface area (Å²) >= 11 is 0. The highest BCUT2D eigenvalue weighted by Crippen LogP contribution is 2.14. The molecule has 120 valence electrons. The summed E-state index contributed by atoms with van der Waals surface area (Å²) in [6.07, 6.45) is 3.95. The molecule has 0 aromatic carbocycles. The Morgan fingerprint density at radius 3 is 2.83 bits per heavy atom. The highest BCUT2D eigenvalue weighted by atomic mass is 16.2. The van der Waals surface area contributed by atoms with Crippen molar-refractivity contribution in [3.05, 3.63) is 47.0 Å². The number of fused-ring (bicyclic) bond motifs is 1. The van der Waals surface area contributed by atoms with Crippen molar-refractivity contribution in [2.45, 2.75) is 13.0 Å². The lowest BCUT2D eigenvalue weighted by Gasteiger charge is -2.13. The van der Waals surface area contributed by atoms with Gasteiger partial charge in [-0.2, -0.15) is 5.10 Å². The summed E-state index contributed by atoms with van der Waals surface area (Å²) in [7, 11) is 0. The molecule has 0 saturated carbocycles. The van der Waals surface area contributed by atoms with Crippen molar-refractivity contribution < 1.29 is 9.59 Å². The van der Waals surface area contributed by atoms with E-state index in [0.717, 1.165) is 24.2 Å². The lowest BCUT2D eigenvalue weighted by molar-refractivity contribution is 0.0924. The molecule has 0 bridgehead atoms. The fourth-order valence-electron chi connectivity index (χ4n) is 2.45. The van der Waals surface area contributed by atoms with E-state index in [-0.39, 0.29) is 11.8 Å². The van der Waals surface area contributed by atoms with Crippen molar-refractivity contribution in [2.24, 2.45) is 0 Å². The van der Waals surface area contributed by atoms with Gasteiger partial charge < -0.3 is 16.0 Å². The predicted octanol–water partition coefficient (Wildman–Crippen LogP) is -0.390. The smallest absolute Gasteiger partial charge is 0.272 e. The molecule has 1 aliphatic rings. The van der Waals surface area contributed by atoms with Gasteiger partial charge in [0.15, 0.2) is 5.69 Å². The monoisotopic (exact) mass is 314 g/mol. The Labute approximate surface area is 133 Å². The van der Waals surface area contributed by atoms with Crippen molar-refractivity contribution in [1.82, 2.24) is 31.1 Å². The number of amides is 2. The molecule has 3 rings (SSSR count). The molecule has 0 radical (unpaired) electrons. The summed E-state index contributed by atoms with van der Waals surface area (Å²) in [5, 5.41) is 15.7. The number of rotatable bonds is 5. The van der Waals surface area contributed by atoms with Gasteiger partial charge in [0.2, 0.25) is 0 Å². The van der Waals surface area contributed by atoms with E-state index in [1.54, 1.807) is 18.3 Å². The summed E-state index contributed by atoms with van der Waals surface area (Å²) in [5.41, 5.74) is 2.85. The maximum Gasteiger partial charge on any atom is 0.272 e. The number of nitrogens with zero attached hydrogens (tertiary/aromatic N) is 2. The molecule has 2 aromatic rings. The minimum absolute atomic E-state index is 0.214. The molecule has 0 spiro atoms. The molecular weight excluding hydrogens is 296 g/mol. The van der Waals surface area contributed by atoms with Crippen LogP contribution in [-0.4, -0.2) is 46.6 Å². The largest absolute Gasteiger partial charge is 0.350 e. The highest BCUT2D eigenvalue weighted by molar-refractivity contribution is 5.94. The molecule has 4 N–H and O–H groups in total. The van der Waals surface area contributed by atoms with Gasteiger partial charge in [-0.1, -0.05) is 0 Å². The maximum atomic E-state index is 12.1. The molecule has 23 heavy (non-hydrogen) atoms. The van der Waals surface area contributed by atoms with Gasteiger partial charge in [-0.3, -0.25) is 19.7 Å². The number of nitrogens with one attached hydrogen (secondary N) is 4. The van der Waals surface area contributed by atoms with Crippen LogP contribution < -0.4 is 16.0 Å². The Balaban J connectivity index is 1.47. The second-order valence-corrected chi connectivity index (χ2v) is 5.21. The number of aromatic nitrogens is 3. The molecule has 3 heterocycles. The second kappa shape index (κ2) is 7.01. The van der Waals surface area contributed by atoms with Gasteiger partial charge in [-0.25, -0.2) is 0 Å². The first kappa shape index (κ1) is 15.2. The molecule has 0 saturated heterocycles. The van der Waals surface area contributed by atoms with Gasteiger partial charge >= 0.3 is 0 Å². The zero-order chi connectivity index (χ0) is 16.1. The van der Waals surface area contributed by atoms with Gasteiger partial charge in [0.25, 0.3) is 11.8 Å². The summed E-state index contributed by atoms with van der Waals surface area (Å²) in [6.45, 7) is 2.20. The number of carbonyl (C=O) groups excluding carboxylic acids is 2. The van der Waals surface area contributed by atoms with Crippen molar-refractivity contribution in [1.29, 1.82) is 0 Å². The second-order valence-electron chi connectivity index (χ2n) is 5.21. The van der Waals surface area contributed by atoms with Gasteiger partial charge in [0, 0.05) is 56.3 Å². The maximum absolute atomic E-state index is 12.1. The third-order valence-electron chi connectivity index (χ3n) is 3.64. The SMILES string of the molecule is O=C(NCCNC(=O)c1n[nH]c2c1CNCC2)c1cccnc1. The van der Waals surface area contributed by atoms with E-state index in [4.69, 9.17) is 0 Å². The minimum atomic E-state index is -0.234. The average Bonchev–Trinajstić information content (AvgIpc) is 3.03. The van der Waals surface area contributed by atoms with E-state index in [9.17, 15) is 9.59 Å². The number of aromatic amines is 1. The molecule has 8 nitrogen and oxygen atoms in total. The minimum Gasteiger partial charge on any atom is -0.350 e. The molecular formula is C15H18N6O2. The lowest BCUT2D eigenvalue weighted by atomic mass is 10.1. The van der Waals surface area contributed by atoms with Crippen LogP contribution in [0.5, 0.6) is 0 Å². The fraction of sp³-hybridized carbons (Fsp3) is 0.333. The summed E-state index contributed by atoms with van der Waals surface area (Å²) in [5.74, 6) is -0.449. The van der Waals surface area contributed by atoms with Crippen molar-refractivity contribution in [2.75, 3.05) is 19.6 Å². The number of hydrogen-bond acceptors (Lipinski definition) is 5. The summed E-state index contributed by atoms with van der Waals surface area (Å²) in [4.78, 5) is 27.9. The van der Waals surface area contributed by atoms with E-state index in [1.165, 1.54) is 6.20 Å². The van der Waals surface area contributed by atoms with Crippen LogP contribution in [0.25, 0.3) is 0 Å². The Morgan fingerprint density at radius 2 is 2.04 bits per heavy atom. The third-order valence-corrected chi connectivity index (χ3v) is 3.64. The quantitative estimate of drug-likeness (QED) is 0.562. The molecule has 2 amide bonds. The highest BCUT2D eigenvalue weighted by Gasteiger charge is 2.21. The molecule has 1 aliphatic heterocycles. The molecule has 2 aromatic heterocycles. The van der Waals surface area contributed by atoms with Crippen molar-refractivity contribution in [3.63, 3.8) is 0 Å². The van der Waals surface area contributed by atoms with E-state index in [2.05, 4.69) is 31.1 Å². The van der Waals surface area contributed by atoms with E-state index in [0.29, 0.717) is 30.9 Å². The predicted molar refractivity (Wildman–Crippen MR) is 82.9 cm³/mol. The van der Waals surface area contributed by atoms with Gasteiger partial charge in [0.05, 0.1) is 5.56 Å². The normalized spacial score (nSPS) is 13.2. The first-order chi connectivity index (χ1) is 11.3. The van der Waals surface area contributed by atoms with Crippen molar-refractivity contribution >= 4 is 11.8 Å². The molecule has 0 unspecified atom stereocenters. The van der Waals surface area contributed by atoms with Crippen LogP contribution in [0, 0.1) is 0 Å². The van der Waals surface area contributed by atoms with Crippen LogP contribution in [-0.2, 0) is 13.0 Å². The standard InChI is InChI=1S/C15H18N6O2/c22-14(10-2-1-4-16-8-10)18-6-7-19-15(23)13-11-9-17-5-3-12(11)20-21-13/h1-2,4,8,17H,3,5-7,9H2,(H,18,22)(H,19,23)(H,20,21). The fourth-order valence-corrected chi connectivity index (χ4v) is 2.45. The Bertz CT molecular complexity index is 697.